The fourth-order valence-corrected chi connectivity index (χ4v) is 2.91. The predicted molar refractivity (Wildman–Crippen MR) is 126 cm³/mol. The summed E-state index contributed by atoms with van der Waals surface area (Å²) in [6.07, 6.45) is 3.58. The zero-order chi connectivity index (χ0) is 24.2. The van der Waals surface area contributed by atoms with Crippen molar-refractivity contribution in [1.29, 1.82) is 0 Å². The Hall–Kier alpha value is -2.66. The number of carbonyl (C=O) groups is 2. The van der Waals surface area contributed by atoms with Crippen LogP contribution in [-0.4, -0.2) is 71.7 Å². The molecule has 10 heteroatoms. The highest BCUT2D eigenvalue weighted by Gasteiger charge is 2.19. The standard InChI is InChI=1S/C23H38N4O6/c1-2-4-22(23(29)27-18-28)19-5-3-6-21(15-19)33-14-13-31-12-11-30-10-8-26-16-20(25)17-32-9-7-24/h3,5-6,15-16,18,22,26H,2,4,7-14,17,24-25H2,1H3,(H,27,28,29)/b20-16-. The van der Waals surface area contributed by atoms with Gasteiger partial charge in [0.2, 0.25) is 12.3 Å². The van der Waals surface area contributed by atoms with Gasteiger partial charge in [0, 0.05) is 19.3 Å². The van der Waals surface area contributed by atoms with Crippen LogP contribution in [0.4, 0.5) is 0 Å². The molecule has 186 valence electrons. The normalized spacial score (nSPS) is 12.2. The molecule has 0 saturated heterocycles. The minimum atomic E-state index is -0.386. The van der Waals surface area contributed by atoms with Gasteiger partial charge in [-0.3, -0.25) is 14.9 Å². The van der Waals surface area contributed by atoms with Crippen molar-refractivity contribution in [1.82, 2.24) is 10.6 Å². The van der Waals surface area contributed by atoms with Crippen molar-refractivity contribution in [3.05, 3.63) is 41.7 Å². The molecule has 0 saturated carbocycles. The quantitative estimate of drug-likeness (QED) is 0.160. The van der Waals surface area contributed by atoms with Crippen LogP contribution in [0.25, 0.3) is 0 Å². The molecule has 1 atom stereocenters. The summed E-state index contributed by atoms with van der Waals surface area (Å²) in [6, 6.07) is 7.35. The lowest BCUT2D eigenvalue weighted by atomic mass is 9.93. The molecule has 0 spiro atoms. The Morgan fingerprint density at radius 2 is 1.85 bits per heavy atom. The first-order valence-corrected chi connectivity index (χ1v) is 11.2. The van der Waals surface area contributed by atoms with E-state index < -0.39 is 0 Å². The number of benzene rings is 1. The first-order valence-electron chi connectivity index (χ1n) is 11.2. The molecule has 0 aliphatic heterocycles. The van der Waals surface area contributed by atoms with Gasteiger partial charge in [-0.15, -0.1) is 0 Å². The molecule has 0 bridgehead atoms. The van der Waals surface area contributed by atoms with Crippen LogP contribution < -0.4 is 26.8 Å². The van der Waals surface area contributed by atoms with E-state index in [0.717, 1.165) is 12.0 Å². The van der Waals surface area contributed by atoms with Crippen molar-refractivity contribution in [2.45, 2.75) is 25.7 Å². The topological polar surface area (TPSA) is 147 Å². The third kappa shape index (κ3) is 13.5. The Morgan fingerprint density at radius 1 is 1.09 bits per heavy atom. The summed E-state index contributed by atoms with van der Waals surface area (Å²) in [6.45, 7) is 6.16. The van der Waals surface area contributed by atoms with E-state index in [9.17, 15) is 9.59 Å². The molecular weight excluding hydrogens is 428 g/mol. The molecule has 2 amide bonds. The third-order valence-electron chi connectivity index (χ3n) is 4.43. The van der Waals surface area contributed by atoms with E-state index in [0.29, 0.717) is 83.6 Å². The lowest BCUT2D eigenvalue weighted by molar-refractivity contribution is -0.126. The number of hydrogen-bond acceptors (Lipinski definition) is 9. The van der Waals surface area contributed by atoms with Crippen molar-refractivity contribution in [2.24, 2.45) is 11.5 Å². The highest BCUT2D eigenvalue weighted by atomic mass is 16.5. The van der Waals surface area contributed by atoms with E-state index in [1.54, 1.807) is 6.20 Å². The molecule has 0 radical (unpaired) electrons. The van der Waals surface area contributed by atoms with Crippen LogP contribution in [0, 0.1) is 0 Å². The van der Waals surface area contributed by atoms with Crippen molar-refractivity contribution in [3.63, 3.8) is 0 Å². The zero-order valence-corrected chi connectivity index (χ0v) is 19.4. The van der Waals surface area contributed by atoms with Crippen molar-refractivity contribution in [3.8, 4) is 5.75 Å². The molecule has 10 nitrogen and oxygen atoms in total. The maximum Gasteiger partial charge on any atom is 0.233 e. The third-order valence-corrected chi connectivity index (χ3v) is 4.43. The van der Waals surface area contributed by atoms with Crippen LogP contribution in [0.3, 0.4) is 0 Å². The zero-order valence-electron chi connectivity index (χ0n) is 19.4. The molecule has 1 aromatic rings. The highest BCUT2D eigenvalue weighted by molar-refractivity contribution is 5.91. The number of carbonyl (C=O) groups excluding carboxylic acids is 2. The van der Waals surface area contributed by atoms with E-state index in [-0.39, 0.29) is 11.8 Å². The van der Waals surface area contributed by atoms with Gasteiger partial charge in [-0.05, 0) is 24.1 Å². The van der Waals surface area contributed by atoms with Crippen LogP contribution in [0.15, 0.2) is 36.2 Å². The number of nitrogens with two attached hydrogens (primary N) is 2. The summed E-state index contributed by atoms with van der Waals surface area (Å²) >= 11 is 0. The first kappa shape index (κ1) is 28.4. The number of ether oxygens (including phenoxy) is 4. The first-order chi connectivity index (χ1) is 16.1. The predicted octanol–water partition coefficient (Wildman–Crippen LogP) is 0.620. The van der Waals surface area contributed by atoms with Gasteiger partial charge in [0.25, 0.3) is 0 Å². The molecule has 0 aliphatic carbocycles. The second kappa shape index (κ2) is 18.9. The Bertz CT molecular complexity index is 701. The number of rotatable bonds is 20. The van der Waals surface area contributed by atoms with Crippen LogP contribution in [0.5, 0.6) is 5.75 Å². The molecular formula is C23H38N4O6. The summed E-state index contributed by atoms with van der Waals surface area (Å²) in [5, 5.41) is 5.29. The second-order valence-corrected chi connectivity index (χ2v) is 7.13. The van der Waals surface area contributed by atoms with Crippen molar-refractivity contribution >= 4 is 12.3 Å². The Labute approximate surface area is 196 Å². The van der Waals surface area contributed by atoms with Gasteiger partial charge < -0.3 is 35.7 Å². The largest absolute Gasteiger partial charge is 0.491 e. The van der Waals surface area contributed by atoms with Gasteiger partial charge in [-0.1, -0.05) is 25.5 Å². The second-order valence-electron chi connectivity index (χ2n) is 7.13. The summed E-state index contributed by atoms with van der Waals surface area (Å²) in [5.74, 6) is -0.0409. The minimum Gasteiger partial charge on any atom is -0.491 e. The maximum absolute atomic E-state index is 12.1. The summed E-state index contributed by atoms with van der Waals surface area (Å²) < 4.78 is 21.9. The van der Waals surface area contributed by atoms with Gasteiger partial charge in [-0.2, -0.15) is 0 Å². The molecule has 6 N–H and O–H groups in total. The van der Waals surface area contributed by atoms with Crippen LogP contribution in [0.1, 0.15) is 31.2 Å². The fraction of sp³-hybridized carbons (Fsp3) is 0.565. The van der Waals surface area contributed by atoms with Gasteiger partial charge in [0.05, 0.1) is 51.3 Å². The van der Waals surface area contributed by atoms with Crippen LogP contribution >= 0.6 is 0 Å². The van der Waals surface area contributed by atoms with E-state index in [1.165, 1.54) is 0 Å². The van der Waals surface area contributed by atoms with E-state index in [1.807, 2.05) is 31.2 Å². The average Bonchev–Trinajstić information content (AvgIpc) is 2.81. The fourth-order valence-electron chi connectivity index (χ4n) is 2.91. The van der Waals surface area contributed by atoms with Gasteiger partial charge >= 0.3 is 0 Å². The van der Waals surface area contributed by atoms with E-state index in [4.69, 9.17) is 30.4 Å². The lowest BCUT2D eigenvalue weighted by Crippen LogP contribution is -2.28. The number of imide groups is 1. The van der Waals surface area contributed by atoms with Crippen molar-refractivity contribution in [2.75, 3.05) is 59.3 Å². The molecule has 1 rings (SSSR count). The van der Waals surface area contributed by atoms with Gasteiger partial charge in [-0.25, -0.2) is 0 Å². The van der Waals surface area contributed by atoms with Gasteiger partial charge in [0.1, 0.15) is 12.4 Å². The minimum absolute atomic E-state index is 0.307. The van der Waals surface area contributed by atoms with E-state index >= 15 is 0 Å². The number of nitrogens with one attached hydrogen (secondary N) is 2. The molecule has 1 aromatic carbocycles. The van der Waals surface area contributed by atoms with Crippen LogP contribution in [0.2, 0.25) is 0 Å². The summed E-state index contributed by atoms with van der Waals surface area (Å²) in [4.78, 5) is 22.7. The van der Waals surface area contributed by atoms with E-state index in [2.05, 4.69) is 10.6 Å². The highest BCUT2D eigenvalue weighted by Crippen LogP contribution is 2.25. The molecule has 33 heavy (non-hydrogen) atoms. The molecule has 0 heterocycles. The molecule has 0 aliphatic rings. The monoisotopic (exact) mass is 466 g/mol. The Kier molecular flexibility index (Phi) is 16.2. The lowest BCUT2D eigenvalue weighted by Gasteiger charge is -2.16. The Morgan fingerprint density at radius 3 is 2.58 bits per heavy atom. The summed E-state index contributed by atoms with van der Waals surface area (Å²) in [5.41, 5.74) is 12.5. The average molecular weight is 467 g/mol. The Balaban J connectivity index is 2.16. The van der Waals surface area contributed by atoms with Crippen LogP contribution in [-0.2, 0) is 23.8 Å². The maximum atomic E-state index is 12.1. The number of amides is 2. The summed E-state index contributed by atoms with van der Waals surface area (Å²) in [7, 11) is 0. The smallest absolute Gasteiger partial charge is 0.233 e. The number of hydrogen-bond donors (Lipinski definition) is 4. The molecule has 0 fully saturated rings. The van der Waals surface area contributed by atoms with Crippen molar-refractivity contribution < 1.29 is 28.5 Å². The SMILES string of the molecule is CCCC(C(=O)NC=O)c1cccc(OCCOCCOCCN/C=C(\N)COCCN)c1. The molecule has 1 unspecified atom stereocenters. The molecule has 0 aromatic heterocycles. The van der Waals surface area contributed by atoms with Gasteiger partial charge in [0.15, 0.2) is 0 Å².